The number of aliphatic carboxylic acids is 1. The van der Waals surface area contributed by atoms with Gasteiger partial charge in [0.2, 0.25) is 5.89 Å². The highest BCUT2D eigenvalue weighted by Gasteiger charge is 2.28. The fourth-order valence-electron chi connectivity index (χ4n) is 2.08. The fraction of sp³-hybridized carbons (Fsp3) is 0.769. The number of morpholine rings is 1. The number of ether oxygens (including phenoxy) is 1. The lowest BCUT2D eigenvalue weighted by molar-refractivity contribution is -0.140. The van der Waals surface area contributed by atoms with Crippen LogP contribution in [0.3, 0.4) is 0 Å². The normalized spacial score (nSPS) is 21.1. The van der Waals surface area contributed by atoms with Crippen LogP contribution in [0.2, 0.25) is 0 Å². The van der Waals surface area contributed by atoms with Crippen molar-refractivity contribution in [3.63, 3.8) is 0 Å². The summed E-state index contributed by atoms with van der Waals surface area (Å²) in [5.74, 6) is 0.356. The molecular weight excluding hydrogens is 262 g/mol. The third-order valence-corrected chi connectivity index (χ3v) is 3.24. The topological polar surface area (TPSA) is 88.7 Å². The Morgan fingerprint density at radius 2 is 2.25 bits per heavy atom. The molecule has 0 amide bonds. The molecule has 1 atom stereocenters. The van der Waals surface area contributed by atoms with Crippen LogP contribution >= 0.6 is 0 Å². The molecule has 1 aromatic rings. The molecule has 1 N–H and O–H groups in total. The smallest absolute Gasteiger partial charge is 0.305 e. The first-order valence-corrected chi connectivity index (χ1v) is 6.73. The van der Waals surface area contributed by atoms with Gasteiger partial charge in [-0.2, -0.15) is 4.98 Å². The minimum Gasteiger partial charge on any atom is -0.481 e. The van der Waals surface area contributed by atoms with E-state index in [1.165, 1.54) is 0 Å². The number of nitrogens with zero attached hydrogens (tertiary/aromatic N) is 3. The summed E-state index contributed by atoms with van der Waals surface area (Å²) in [6.45, 7) is 8.20. The number of aromatic nitrogens is 2. The third-order valence-electron chi connectivity index (χ3n) is 3.24. The minimum atomic E-state index is -0.827. The first-order chi connectivity index (χ1) is 9.36. The highest BCUT2D eigenvalue weighted by molar-refractivity contribution is 5.67. The van der Waals surface area contributed by atoms with Crippen molar-refractivity contribution in [3.05, 3.63) is 11.7 Å². The van der Waals surface area contributed by atoms with E-state index in [0.29, 0.717) is 38.0 Å². The molecule has 2 rings (SSSR count). The Morgan fingerprint density at radius 3 is 2.85 bits per heavy atom. The van der Waals surface area contributed by atoms with Crippen molar-refractivity contribution >= 4 is 5.97 Å². The monoisotopic (exact) mass is 283 g/mol. The van der Waals surface area contributed by atoms with Gasteiger partial charge in [0.15, 0.2) is 5.82 Å². The summed E-state index contributed by atoms with van der Waals surface area (Å²) < 4.78 is 10.6. The van der Waals surface area contributed by atoms with Gasteiger partial charge in [0, 0.05) is 18.0 Å². The van der Waals surface area contributed by atoms with Crippen molar-refractivity contribution in [2.45, 2.75) is 45.2 Å². The number of hydrogen-bond donors (Lipinski definition) is 1. The van der Waals surface area contributed by atoms with Crippen molar-refractivity contribution in [2.75, 3.05) is 19.8 Å². The maximum absolute atomic E-state index is 10.9. The molecule has 0 bridgehead atoms. The number of carbonyl (C=O) groups is 1. The van der Waals surface area contributed by atoms with Crippen molar-refractivity contribution in [1.82, 2.24) is 15.0 Å². The Morgan fingerprint density at radius 1 is 1.50 bits per heavy atom. The van der Waals surface area contributed by atoms with Crippen LogP contribution in [0, 0.1) is 0 Å². The van der Waals surface area contributed by atoms with E-state index in [9.17, 15) is 4.79 Å². The lowest BCUT2D eigenvalue weighted by Gasteiger charge is -2.33. The SMILES string of the molecule is CC(C)(C)c1noc(CN2CCOCC2CC(=O)O)n1. The zero-order valence-corrected chi connectivity index (χ0v) is 12.1. The van der Waals surface area contributed by atoms with E-state index in [4.69, 9.17) is 14.4 Å². The second-order valence-corrected chi connectivity index (χ2v) is 6.06. The van der Waals surface area contributed by atoms with Crippen molar-refractivity contribution in [1.29, 1.82) is 0 Å². The third kappa shape index (κ3) is 3.77. The number of hydrogen-bond acceptors (Lipinski definition) is 6. The van der Waals surface area contributed by atoms with Gasteiger partial charge in [-0.15, -0.1) is 0 Å². The summed E-state index contributed by atoms with van der Waals surface area (Å²) in [6.07, 6.45) is 0.0558. The molecule has 1 aliphatic rings. The van der Waals surface area contributed by atoms with Gasteiger partial charge in [-0.25, -0.2) is 0 Å². The van der Waals surface area contributed by atoms with Gasteiger partial charge in [-0.05, 0) is 0 Å². The Labute approximate surface area is 117 Å². The zero-order valence-electron chi connectivity index (χ0n) is 12.1. The maximum Gasteiger partial charge on any atom is 0.305 e. The number of carboxylic acids is 1. The van der Waals surface area contributed by atoms with Crippen LogP contribution in [0.5, 0.6) is 0 Å². The standard InChI is InChI=1S/C13H21N3O4/c1-13(2,3)12-14-10(20-15-12)7-16-4-5-19-8-9(16)6-11(17)18/h9H,4-8H2,1-3H3,(H,17,18). The molecule has 2 heterocycles. The van der Waals surface area contributed by atoms with E-state index < -0.39 is 5.97 Å². The summed E-state index contributed by atoms with van der Waals surface area (Å²) in [5, 5.41) is 12.9. The average Bonchev–Trinajstić information content (AvgIpc) is 2.79. The fourth-order valence-corrected chi connectivity index (χ4v) is 2.08. The molecule has 20 heavy (non-hydrogen) atoms. The molecule has 7 heteroatoms. The van der Waals surface area contributed by atoms with Crippen LogP contribution in [0.25, 0.3) is 0 Å². The van der Waals surface area contributed by atoms with E-state index in [-0.39, 0.29) is 17.9 Å². The molecule has 112 valence electrons. The highest BCUT2D eigenvalue weighted by Crippen LogP contribution is 2.20. The van der Waals surface area contributed by atoms with Gasteiger partial charge in [-0.3, -0.25) is 9.69 Å². The molecule has 1 aliphatic heterocycles. The van der Waals surface area contributed by atoms with Crippen LogP contribution in [0.15, 0.2) is 4.52 Å². The predicted octanol–water partition coefficient (Wildman–Crippen LogP) is 1.04. The Kier molecular flexibility index (Phi) is 4.39. The van der Waals surface area contributed by atoms with E-state index in [2.05, 4.69) is 10.1 Å². The van der Waals surface area contributed by atoms with Gasteiger partial charge < -0.3 is 14.4 Å². The van der Waals surface area contributed by atoms with Crippen LogP contribution in [-0.2, 0) is 21.5 Å². The molecule has 1 saturated heterocycles. The molecule has 1 aromatic heterocycles. The van der Waals surface area contributed by atoms with Crippen LogP contribution in [-0.4, -0.2) is 51.9 Å². The van der Waals surface area contributed by atoms with Crippen LogP contribution in [0.1, 0.15) is 38.9 Å². The van der Waals surface area contributed by atoms with Gasteiger partial charge in [0.05, 0.1) is 26.2 Å². The predicted molar refractivity (Wildman–Crippen MR) is 70.3 cm³/mol. The van der Waals surface area contributed by atoms with Gasteiger partial charge in [0.1, 0.15) is 0 Å². The largest absolute Gasteiger partial charge is 0.481 e. The number of rotatable bonds is 4. The van der Waals surface area contributed by atoms with Crippen molar-refractivity contribution in [2.24, 2.45) is 0 Å². The quantitative estimate of drug-likeness (QED) is 0.883. The Hall–Kier alpha value is -1.47. The molecule has 7 nitrogen and oxygen atoms in total. The molecule has 1 fully saturated rings. The first kappa shape index (κ1) is 14.9. The zero-order chi connectivity index (χ0) is 14.8. The van der Waals surface area contributed by atoms with E-state index in [1.807, 2.05) is 25.7 Å². The van der Waals surface area contributed by atoms with E-state index in [1.54, 1.807) is 0 Å². The summed E-state index contributed by atoms with van der Waals surface area (Å²) in [7, 11) is 0. The molecule has 1 unspecified atom stereocenters. The number of carboxylic acid groups (broad SMARTS) is 1. The Balaban J connectivity index is 2.03. The molecule has 0 radical (unpaired) electrons. The second-order valence-electron chi connectivity index (χ2n) is 6.06. The summed E-state index contributed by atoms with van der Waals surface area (Å²) in [4.78, 5) is 17.3. The lowest BCUT2D eigenvalue weighted by atomic mass is 9.96. The summed E-state index contributed by atoms with van der Waals surface area (Å²) >= 11 is 0. The molecular formula is C13H21N3O4. The molecule has 0 spiro atoms. The lowest BCUT2D eigenvalue weighted by Crippen LogP contribution is -2.45. The van der Waals surface area contributed by atoms with Crippen LogP contribution < -0.4 is 0 Å². The van der Waals surface area contributed by atoms with Gasteiger partial charge >= 0.3 is 5.97 Å². The van der Waals surface area contributed by atoms with E-state index in [0.717, 1.165) is 0 Å². The minimum absolute atomic E-state index is 0.0558. The Bertz CT molecular complexity index is 466. The van der Waals surface area contributed by atoms with Crippen molar-refractivity contribution < 1.29 is 19.2 Å². The molecule has 0 saturated carbocycles. The maximum atomic E-state index is 10.9. The van der Waals surface area contributed by atoms with Gasteiger partial charge in [-0.1, -0.05) is 25.9 Å². The highest BCUT2D eigenvalue weighted by atomic mass is 16.5. The van der Waals surface area contributed by atoms with Crippen LogP contribution in [0.4, 0.5) is 0 Å². The molecule has 0 aromatic carbocycles. The second kappa shape index (κ2) is 5.88. The summed E-state index contributed by atoms with van der Waals surface area (Å²) in [6, 6.07) is -0.147. The van der Waals surface area contributed by atoms with Gasteiger partial charge in [0.25, 0.3) is 0 Å². The summed E-state index contributed by atoms with van der Waals surface area (Å²) in [5.41, 5.74) is -0.159. The first-order valence-electron chi connectivity index (χ1n) is 6.73. The van der Waals surface area contributed by atoms with E-state index >= 15 is 0 Å². The van der Waals surface area contributed by atoms with Crippen molar-refractivity contribution in [3.8, 4) is 0 Å². The molecule has 0 aliphatic carbocycles. The average molecular weight is 283 g/mol.